The van der Waals surface area contributed by atoms with Crippen molar-refractivity contribution >= 4 is 6.09 Å². The maximum Gasteiger partial charge on any atom is 0.410 e. The number of aromatic nitrogens is 2. The van der Waals surface area contributed by atoms with Gasteiger partial charge in [0, 0.05) is 31.5 Å². The lowest BCUT2D eigenvalue weighted by Gasteiger charge is -2.32. The zero-order valence-corrected chi connectivity index (χ0v) is 14.4. The predicted molar refractivity (Wildman–Crippen MR) is 88.1 cm³/mol. The van der Waals surface area contributed by atoms with Crippen LogP contribution in [0, 0.1) is 5.92 Å². The minimum Gasteiger partial charge on any atom is -0.444 e. The molecule has 0 radical (unpaired) electrons. The lowest BCUT2D eigenvalue weighted by atomic mass is 10.0. The van der Waals surface area contributed by atoms with Gasteiger partial charge in [0.2, 0.25) is 0 Å². The molecule has 1 aromatic rings. The first-order valence-electron chi connectivity index (χ1n) is 8.64. The first-order valence-corrected chi connectivity index (χ1v) is 8.64. The predicted octanol–water partition coefficient (Wildman–Crippen LogP) is 2.26. The number of hydrogen-bond donors (Lipinski definition) is 1. The van der Waals surface area contributed by atoms with Crippen molar-refractivity contribution in [1.82, 2.24) is 20.0 Å². The molecule has 6 heteroatoms. The van der Waals surface area contributed by atoms with Gasteiger partial charge in [-0.1, -0.05) is 0 Å². The molecule has 0 aromatic carbocycles. The van der Waals surface area contributed by atoms with E-state index in [1.165, 1.54) is 6.42 Å². The van der Waals surface area contributed by atoms with Crippen LogP contribution in [0.15, 0.2) is 18.5 Å². The van der Waals surface area contributed by atoms with Gasteiger partial charge in [-0.25, -0.2) is 4.79 Å². The molecule has 6 nitrogen and oxygen atoms in total. The Kier molecular flexibility index (Phi) is 4.62. The number of amides is 1. The summed E-state index contributed by atoms with van der Waals surface area (Å²) in [6, 6.07) is 2.58. The van der Waals surface area contributed by atoms with Gasteiger partial charge in [-0.05, 0) is 52.0 Å². The van der Waals surface area contributed by atoms with Gasteiger partial charge in [-0.15, -0.1) is 0 Å². The summed E-state index contributed by atoms with van der Waals surface area (Å²) in [6.45, 7) is 8.32. The Balaban J connectivity index is 1.56. The number of nitrogens with one attached hydrogen (secondary N) is 1. The van der Waals surface area contributed by atoms with Crippen molar-refractivity contribution in [2.45, 2.75) is 64.3 Å². The second-order valence-electron chi connectivity index (χ2n) is 7.62. The Hall–Kier alpha value is -1.56. The lowest BCUT2D eigenvalue weighted by molar-refractivity contribution is 0.0195. The van der Waals surface area contributed by atoms with Crippen LogP contribution in [0.3, 0.4) is 0 Å². The van der Waals surface area contributed by atoms with E-state index in [4.69, 9.17) is 4.74 Å². The van der Waals surface area contributed by atoms with Crippen LogP contribution in [0.25, 0.3) is 0 Å². The van der Waals surface area contributed by atoms with E-state index < -0.39 is 5.60 Å². The van der Waals surface area contributed by atoms with E-state index in [-0.39, 0.29) is 12.1 Å². The van der Waals surface area contributed by atoms with Gasteiger partial charge in [0.15, 0.2) is 0 Å². The minimum absolute atomic E-state index is 0.161. The number of rotatable bonds is 4. The lowest BCUT2D eigenvalue weighted by Crippen LogP contribution is -2.49. The normalized spacial score (nSPS) is 27.3. The highest BCUT2D eigenvalue weighted by Crippen LogP contribution is 2.38. The van der Waals surface area contributed by atoms with E-state index in [1.807, 2.05) is 42.6 Å². The number of nitrogens with zero attached hydrogens (tertiary/aromatic N) is 3. The third-order valence-electron chi connectivity index (χ3n) is 4.78. The van der Waals surface area contributed by atoms with Crippen molar-refractivity contribution in [2.75, 3.05) is 13.1 Å². The highest BCUT2D eigenvalue weighted by molar-refractivity contribution is 5.69. The zero-order chi connectivity index (χ0) is 16.4. The average molecular weight is 320 g/mol. The molecule has 3 atom stereocenters. The molecule has 1 saturated heterocycles. The molecular formula is C17H28N4O2. The summed E-state index contributed by atoms with van der Waals surface area (Å²) in [4.78, 5) is 14.4. The summed E-state index contributed by atoms with van der Waals surface area (Å²) in [6.07, 6.45) is 7.04. The highest BCUT2D eigenvalue weighted by Gasteiger charge is 2.46. The molecule has 1 aliphatic carbocycles. The van der Waals surface area contributed by atoms with Crippen molar-refractivity contribution in [3.63, 3.8) is 0 Å². The van der Waals surface area contributed by atoms with Crippen molar-refractivity contribution in [2.24, 2.45) is 5.92 Å². The quantitative estimate of drug-likeness (QED) is 0.924. The second-order valence-corrected chi connectivity index (χ2v) is 7.62. The van der Waals surface area contributed by atoms with Gasteiger partial charge in [-0.2, -0.15) is 5.10 Å². The molecule has 1 amide bonds. The van der Waals surface area contributed by atoms with E-state index in [0.29, 0.717) is 12.0 Å². The molecule has 1 saturated carbocycles. The average Bonchev–Trinajstić information content (AvgIpc) is 3.14. The summed E-state index contributed by atoms with van der Waals surface area (Å²) < 4.78 is 7.52. The minimum atomic E-state index is -0.434. The molecule has 23 heavy (non-hydrogen) atoms. The maximum atomic E-state index is 12.5. The molecule has 2 aliphatic rings. The van der Waals surface area contributed by atoms with Crippen LogP contribution in [0.5, 0.6) is 0 Å². The Labute approximate surface area is 138 Å². The van der Waals surface area contributed by atoms with Crippen molar-refractivity contribution < 1.29 is 9.53 Å². The zero-order valence-electron chi connectivity index (χ0n) is 14.4. The standard InChI is InChI=1S/C17H28N4O2/c1-17(2,3)23-16(22)21-11-7-13-5-6-14(15(13)21)18-9-12-20-10-4-8-19-20/h4,8,10,13-15,18H,5-7,9,11-12H2,1-3H3. The van der Waals surface area contributed by atoms with Crippen LogP contribution in [-0.4, -0.2) is 51.5 Å². The largest absolute Gasteiger partial charge is 0.444 e. The highest BCUT2D eigenvalue weighted by atomic mass is 16.6. The first-order chi connectivity index (χ1) is 10.9. The monoisotopic (exact) mass is 320 g/mol. The third kappa shape index (κ3) is 3.86. The summed E-state index contributed by atoms with van der Waals surface area (Å²) >= 11 is 0. The second kappa shape index (κ2) is 6.51. The number of hydrogen-bond acceptors (Lipinski definition) is 4. The third-order valence-corrected chi connectivity index (χ3v) is 4.78. The SMILES string of the molecule is CC(C)(C)OC(=O)N1CCC2CCC(NCCn3cccn3)C21. The fraction of sp³-hybridized carbons (Fsp3) is 0.765. The molecule has 3 rings (SSSR count). The van der Waals surface area contributed by atoms with E-state index >= 15 is 0 Å². The van der Waals surface area contributed by atoms with E-state index in [1.54, 1.807) is 6.20 Å². The number of ether oxygens (including phenoxy) is 1. The number of fused-ring (bicyclic) bond motifs is 1. The molecule has 1 aromatic heterocycles. The van der Waals surface area contributed by atoms with E-state index in [9.17, 15) is 4.79 Å². The smallest absolute Gasteiger partial charge is 0.410 e. The molecule has 2 heterocycles. The molecule has 0 bridgehead atoms. The van der Waals surface area contributed by atoms with Crippen LogP contribution >= 0.6 is 0 Å². The molecule has 1 aliphatic heterocycles. The molecule has 128 valence electrons. The number of carbonyl (C=O) groups is 1. The molecule has 1 N–H and O–H groups in total. The Bertz CT molecular complexity index is 523. The fourth-order valence-electron chi connectivity index (χ4n) is 3.86. The van der Waals surface area contributed by atoms with Gasteiger partial charge in [0.1, 0.15) is 5.60 Å². The summed E-state index contributed by atoms with van der Waals surface area (Å²) in [5, 5.41) is 7.85. The molecule has 3 unspecified atom stereocenters. The van der Waals surface area contributed by atoms with Gasteiger partial charge < -0.3 is 15.0 Å². The van der Waals surface area contributed by atoms with Gasteiger partial charge in [-0.3, -0.25) is 4.68 Å². The van der Waals surface area contributed by atoms with Gasteiger partial charge >= 0.3 is 6.09 Å². The van der Waals surface area contributed by atoms with Crippen molar-refractivity contribution in [3.8, 4) is 0 Å². The van der Waals surface area contributed by atoms with Gasteiger partial charge in [0.05, 0.1) is 12.6 Å². The maximum absolute atomic E-state index is 12.5. The van der Waals surface area contributed by atoms with E-state index in [2.05, 4.69) is 10.4 Å². The molecule has 2 fully saturated rings. The number of carbonyl (C=O) groups excluding carboxylic acids is 1. The van der Waals surface area contributed by atoms with Gasteiger partial charge in [0.25, 0.3) is 0 Å². The summed E-state index contributed by atoms with van der Waals surface area (Å²) in [7, 11) is 0. The van der Waals surface area contributed by atoms with Crippen LogP contribution in [-0.2, 0) is 11.3 Å². The molecule has 0 spiro atoms. The van der Waals surface area contributed by atoms with E-state index in [0.717, 1.165) is 32.5 Å². The van der Waals surface area contributed by atoms with Crippen LogP contribution < -0.4 is 5.32 Å². The fourth-order valence-corrected chi connectivity index (χ4v) is 3.86. The summed E-state index contributed by atoms with van der Waals surface area (Å²) in [5.41, 5.74) is -0.434. The van der Waals surface area contributed by atoms with Crippen LogP contribution in [0.2, 0.25) is 0 Å². The Morgan fingerprint density at radius 1 is 1.35 bits per heavy atom. The van der Waals surface area contributed by atoms with Crippen molar-refractivity contribution in [3.05, 3.63) is 18.5 Å². The Morgan fingerprint density at radius 3 is 2.87 bits per heavy atom. The number of likely N-dealkylation sites (tertiary alicyclic amines) is 1. The van der Waals surface area contributed by atoms with Crippen molar-refractivity contribution in [1.29, 1.82) is 0 Å². The summed E-state index contributed by atoms with van der Waals surface area (Å²) in [5.74, 6) is 0.615. The van der Waals surface area contributed by atoms with Crippen LogP contribution in [0.1, 0.15) is 40.0 Å². The first kappa shape index (κ1) is 16.3. The Morgan fingerprint density at radius 2 is 2.17 bits per heavy atom. The topological polar surface area (TPSA) is 59.4 Å². The molecular weight excluding hydrogens is 292 g/mol. The van der Waals surface area contributed by atoms with Crippen LogP contribution in [0.4, 0.5) is 4.79 Å².